The highest BCUT2D eigenvalue weighted by atomic mass is 32.2. The van der Waals surface area contributed by atoms with Crippen molar-refractivity contribution in [2.75, 3.05) is 12.3 Å². The van der Waals surface area contributed by atoms with Crippen molar-refractivity contribution in [1.29, 1.82) is 0 Å². The van der Waals surface area contributed by atoms with Crippen LogP contribution in [0.1, 0.15) is 32.6 Å². The number of carbonyl (C=O) groups is 1. The Morgan fingerprint density at radius 1 is 1.32 bits per heavy atom. The first-order valence-corrected chi connectivity index (χ1v) is 9.78. The van der Waals surface area contributed by atoms with E-state index in [1.165, 1.54) is 18.2 Å². The summed E-state index contributed by atoms with van der Waals surface area (Å²) < 4.78 is 0. The van der Waals surface area contributed by atoms with Gasteiger partial charge < -0.3 is 9.88 Å². The topological polar surface area (TPSA) is 74.8 Å². The molecule has 25 heavy (non-hydrogen) atoms. The fourth-order valence-electron chi connectivity index (χ4n) is 3.53. The average molecular weight is 355 g/mol. The third-order valence-corrected chi connectivity index (χ3v) is 5.67. The Hall–Kier alpha value is -2.15. The summed E-state index contributed by atoms with van der Waals surface area (Å²) in [4.78, 5) is 22.4. The zero-order valence-corrected chi connectivity index (χ0v) is 15.1. The lowest BCUT2D eigenvalue weighted by Gasteiger charge is -2.35. The van der Waals surface area contributed by atoms with E-state index in [9.17, 15) is 4.79 Å². The number of H-pyrrole nitrogens is 1. The number of amides is 1. The number of piperidine rings is 1. The number of hydrogen-bond donors (Lipinski definition) is 1. The van der Waals surface area contributed by atoms with Gasteiger partial charge in [0.2, 0.25) is 11.1 Å². The molecular weight excluding hydrogens is 334 g/mol. The van der Waals surface area contributed by atoms with E-state index in [-0.39, 0.29) is 5.91 Å². The molecule has 0 bridgehead atoms. The number of thioether (sulfide) groups is 1. The number of para-hydroxylation sites is 1. The van der Waals surface area contributed by atoms with Crippen LogP contribution >= 0.6 is 11.8 Å². The van der Waals surface area contributed by atoms with Gasteiger partial charge in [-0.25, -0.2) is 4.98 Å². The Bertz CT molecular complexity index is 909. The van der Waals surface area contributed by atoms with E-state index in [4.69, 9.17) is 0 Å². The second-order valence-corrected chi connectivity index (χ2v) is 7.34. The lowest BCUT2D eigenvalue weighted by molar-refractivity contribution is -0.132. The van der Waals surface area contributed by atoms with Gasteiger partial charge in [-0.15, -0.1) is 10.2 Å². The summed E-state index contributed by atoms with van der Waals surface area (Å²) in [5.74, 6) is 0.543. The molecule has 6 nitrogen and oxygen atoms in total. The molecule has 0 saturated carbocycles. The summed E-state index contributed by atoms with van der Waals surface area (Å²) in [6.45, 7) is 3.03. The normalized spacial score (nSPS) is 18.1. The second kappa shape index (κ2) is 7.00. The van der Waals surface area contributed by atoms with Crippen LogP contribution in [0.2, 0.25) is 0 Å². The number of rotatable bonds is 4. The molecule has 1 aliphatic rings. The number of carbonyl (C=O) groups excluding carboxylic acids is 1. The van der Waals surface area contributed by atoms with E-state index in [1.54, 1.807) is 0 Å². The maximum atomic E-state index is 12.6. The maximum Gasteiger partial charge on any atom is 0.233 e. The average Bonchev–Trinajstić information content (AvgIpc) is 3.03. The molecule has 2 aromatic heterocycles. The number of hydrogen-bond acceptors (Lipinski definition) is 5. The molecule has 130 valence electrons. The van der Waals surface area contributed by atoms with Gasteiger partial charge in [0.15, 0.2) is 5.65 Å². The van der Waals surface area contributed by atoms with E-state index in [2.05, 4.69) is 27.1 Å². The molecular formula is C18H21N5OS. The zero-order valence-electron chi connectivity index (χ0n) is 14.2. The number of nitrogens with zero attached hydrogens (tertiary/aromatic N) is 4. The van der Waals surface area contributed by atoms with Crippen molar-refractivity contribution >= 4 is 39.7 Å². The molecule has 0 spiro atoms. The Balaban J connectivity index is 1.49. The van der Waals surface area contributed by atoms with Gasteiger partial charge in [0.25, 0.3) is 0 Å². The molecule has 0 unspecified atom stereocenters. The molecule has 4 rings (SSSR count). The minimum atomic E-state index is 0.178. The molecule has 0 aliphatic carbocycles. The van der Waals surface area contributed by atoms with Crippen LogP contribution in [0.3, 0.4) is 0 Å². The molecule has 3 heterocycles. The fraction of sp³-hybridized carbons (Fsp3) is 0.444. The molecule has 1 atom stereocenters. The number of fused-ring (bicyclic) bond motifs is 3. The number of benzene rings is 1. The molecule has 1 amide bonds. The van der Waals surface area contributed by atoms with Gasteiger partial charge in [0.05, 0.1) is 5.75 Å². The summed E-state index contributed by atoms with van der Waals surface area (Å²) in [5, 5.41) is 10.1. The summed E-state index contributed by atoms with van der Waals surface area (Å²) in [6, 6.07) is 8.33. The highest BCUT2D eigenvalue weighted by Gasteiger charge is 2.25. The first-order chi connectivity index (χ1) is 12.3. The molecule has 1 fully saturated rings. The first kappa shape index (κ1) is 16.3. The van der Waals surface area contributed by atoms with E-state index >= 15 is 0 Å². The van der Waals surface area contributed by atoms with Gasteiger partial charge in [0.1, 0.15) is 5.52 Å². The molecule has 7 heteroatoms. The number of aromatic amines is 1. The quantitative estimate of drug-likeness (QED) is 0.726. The van der Waals surface area contributed by atoms with Crippen molar-refractivity contribution in [2.45, 2.75) is 43.8 Å². The summed E-state index contributed by atoms with van der Waals surface area (Å²) in [6.07, 6.45) is 4.47. The lowest BCUT2D eigenvalue weighted by Crippen LogP contribution is -2.44. The van der Waals surface area contributed by atoms with Crippen LogP contribution in [-0.2, 0) is 4.79 Å². The Morgan fingerprint density at radius 2 is 2.20 bits per heavy atom. The van der Waals surface area contributed by atoms with Crippen molar-refractivity contribution in [3.63, 3.8) is 0 Å². The number of nitrogens with one attached hydrogen (secondary N) is 1. The van der Waals surface area contributed by atoms with Crippen LogP contribution in [0.5, 0.6) is 0 Å². The molecule has 0 radical (unpaired) electrons. The van der Waals surface area contributed by atoms with Crippen molar-refractivity contribution in [1.82, 2.24) is 25.1 Å². The van der Waals surface area contributed by atoms with Crippen molar-refractivity contribution in [3.05, 3.63) is 24.3 Å². The second-order valence-electron chi connectivity index (χ2n) is 6.40. The van der Waals surface area contributed by atoms with E-state index in [0.29, 0.717) is 17.0 Å². The Kier molecular flexibility index (Phi) is 4.57. The summed E-state index contributed by atoms with van der Waals surface area (Å²) >= 11 is 1.36. The van der Waals surface area contributed by atoms with Gasteiger partial charge >= 0.3 is 0 Å². The third kappa shape index (κ3) is 3.20. The molecule has 1 aliphatic heterocycles. The standard InChI is InChI=1S/C18H21N5OS/c1-2-12-7-5-6-10-23(12)15(24)11-25-18-20-17-16(21-22-18)13-8-3-4-9-14(13)19-17/h3-4,8-9,12H,2,5-7,10-11H2,1H3,(H,19,20,22)/t12-/m0/s1. The summed E-state index contributed by atoms with van der Waals surface area (Å²) in [5.41, 5.74) is 2.49. The van der Waals surface area contributed by atoms with Crippen molar-refractivity contribution in [3.8, 4) is 0 Å². The van der Waals surface area contributed by atoms with Gasteiger partial charge in [-0.05, 0) is 31.7 Å². The number of likely N-dealkylation sites (tertiary alicyclic amines) is 1. The molecule has 1 aromatic carbocycles. The van der Waals surface area contributed by atoms with Crippen molar-refractivity contribution < 1.29 is 4.79 Å². The van der Waals surface area contributed by atoms with Crippen LogP contribution < -0.4 is 0 Å². The predicted molar refractivity (Wildman–Crippen MR) is 99.6 cm³/mol. The van der Waals surface area contributed by atoms with Gasteiger partial charge in [0, 0.05) is 23.5 Å². The monoisotopic (exact) mass is 355 g/mol. The highest BCUT2D eigenvalue weighted by molar-refractivity contribution is 7.99. The summed E-state index contributed by atoms with van der Waals surface area (Å²) in [7, 11) is 0. The van der Waals surface area contributed by atoms with E-state index < -0.39 is 0 Å². The van der Waals surface area contributed by atoms with Crippen LogP contribution in [-0.4, -0.2) is 49.3 Å². The largest absolute Gasteiger partial charge is 0.339 e. The minimum absolute atomic E-state index is 0.178. The SMILES string of the molecule is CC[C@H]1CCCCN1C(=O)CSc1nnc2c(n1)[nH]c1ccccc12. The maximum absolute atomic E-state index is 12.6. The van der Waals surface area contributed by atoms with Gasteiger partial charge in [-0.2, -0.15) is 0 Å². The van der Waals surface area contributed by atoms with Crippen LogP contribution in [0.4, 0.5) is 0 Å². The number of aromatic nitrogens is 4. The third-order valence-electron chi connectivity index (χ3n) is 4.85. The van der Waals surface area contributed by atoms with E-state index in [1.807, 2.05) is 29.2 Å². The van der Waals surface area contributed by atoms with Crippen molar-refractivity contribution in [2.24, 2.45) is 0 Å². The van der Waals surface area contributed by atoms with Crippen LogP contribution in [0, 0.1) is 0 Å². The van der Waals surface area contributed by atoms with Crippen LogP contribution in [0.25, 0.3) is 22.1 Å². The zero-order chi connectivity index (χ0) is 17.2. The fourth-order valence-corrected chi connectivity index (χ4v) is 4.20. The minimum Gasteiger partial charge on any atom is -0.339 e. The van der Waals surface area contributed by atoms with Crippen LogP contribution in [0.15, 0.2) is 29.4 Å². The first-order valence-electron chi connectivity index (χ1n) is 8.79. The molecule has 1 saturated heterocycles. The Labute approximate surface area is 150 Å². The van der Waals surface area contributed by atoms with E-state index in [0.717, 1.165) is 47.9 Å². The Morgan fingerprint density at radius 3 is 3.08 bits per heavy atom. The molecule has 3 aromatic rings. The predicted octanol–water partition coefficient (Wildman–Crippen LogP) is 3.39. The van der Waals surface area contributed by atoms with Gasteiger partial charge in [-0.1, -0.05) is 36.9 Å². The van der Waals surface area contributed by atoms with Gasteiger partial charge in [-0.3, -0.25) is 4.79 Å². The smallest absolute Gasteiger partial charge is 0.233 e. The highest BCUT2D eigenvalue weighted by Crippen LogP contribution is 2.24. The lowest BCUT2D eigenvalue weighted by atomic mass is 10.0. The molecule has 1 N–H and O–H groups in total.